The molecule has 0 amide bonds. The summed E-state index contributed by atoms with van der Waals surface area (Å²) in [5.41, 5.74) is 6.73. The van der Waals surface area contributed by atoms with E-state index in [2.05, 4.69) is 20.4 Å². The van der Waals surface area contributed by atoms with E-state index >= 15 is 0 Å². The molecule has 0 spiro atoms. The molecule has 3 heterocycles. The molecular formula is C10H14N6. The summed E-state index contributed by atoms with van der Waals surface area (Å²) in [4.78, 5) is 8.21. The summed E-state index contributed by atoms with van der Waals surface area (Å²) < 4.78 is 1.76. The zero-order valence-corrected chi connectivity index (χ0v) is 8.93. The van der Waals surface area contributed by atoms with Crippen molar-refractivity contribution in [2.24, 2.45) is 0 Å². The van der Waals surface area contributed by atoms with Crippen molar-refractivity contribution in [3.8, 4) is 0 Å². The summed E-state index contributed by atoms with van der Waals surface area (Å²) in [7, 11) is 0. The van der Waals surface area contributed by atoms with Crippen LogP contribution < -0.4 is 11.1 Å². The van der Waals surface area contributed by atoms with Crippen LogP contribution in [0.5, 0.6) is 0 Å². The highest BCUT2D eigenvalue weighted by Crippen LogP contribution is 2.22. The largest absolute Gasteiger partial charge is 0.366 e. The standard InChI is InChI=1S/C10H14N6/c11-9-14-10-13-5-3-8(16(10)15-9)7-2-1-4-12-6-7/h3,5,7,12H,1-2,4,6H2,(H2,11,15). The Bertz CT molecular complexity index is 499. The van der Waals surface area contributed by atoms with E-state index < -0.39 is 0 Å². The predicted octanol–water partition coefficient (Wildman–Crippen LogP) is 0.173. The van der Waals surface area contributed by atoms with Gasteiger partial charge >= 0.3 is 0 Å². The van der Waals surface area contributed by atoms with E-state index in [0.29, 0.717) is 11.7 Å². The maximum Gasteiger partial charge on any atom is 0.254 e. The predicted molar refractivity (Wildman–Crippen MR) is 60.0 cm³/mol. The van der Waals surface area contributed by atoms with Crippen LogP contribution in [-0.4, -0.2) is 32.7 Å². The fraction of sp³-hybridized carbons (Fsp3) is 0.500. The normalized spacial score (nSPS) is 21.4. The Morgan fingerprint density at radius 1 is 1.50 bits per heavy atom. The van der Waals surface area contributed by atoms with Crippen LogP contribution in [0.15, 0.2) is 12.3 Å². The molecule has 2 aromatic heterocycles. The number of anilines is 1. The number of nitrogens with two attached hydrogens (primary N) is 1. The molecule has 0 bridgehead atoms. The second-order valence-electron chi connectivity index (χ2n) is 4.09. The number of fused-ring (bicyclic) bond motifs is 1. The van der Waals surface area contributed by atoms with E-state index in [1.165, 1.54) is 12.8 Å². The van der Waals surface area contributed by atoms with Gasteiger partial charge in [0.2, 0.25) is 5.95 Å². The number of nitrogens with zero attached hydrogens (tertiary/aromatic N) is 4. The van der Waals surface area contributed by atoms with Gasteiger partial charge in [0.1, 0.15) is 0 Å². The Kier molecular flexibility index (Phi) is 2.21. The molecule has 2 aromatic rings. The lowest BCUT2D eigenvalue weighted by molar-refractivity contribution is 0.448. The van der Waals surface area contributed by atoms with Gasteiger partial charge in [-0.05, 0) is 25.5 Å². The van der Waals surface area contributed by atoms with Crippen molar-refractivity contribution in [3.05, 3.63) is 18.0 Å². The van der Waals surface area contributed by atoms with Crippen LogP contribution in [-0.2, 0) is 0 Å². The lowest BCUT2D eigenvalue weighted by atomic mass is 9.96. The van der Waals surface area contributed by atoms with E-state index in [1.807, 2.05) is 6.07 Å². The van der Waals surface area contributed by atoms with Crippen LogP contribution in [0.4, 0.5) is 5.95 Å². The smallest absolute Gasteiger partial charge is 0.254 e. The minimum absolute atomic E-state index is 0.281. The van der Waals surface area contributed by atoms with E-state index in [0.717, 1.165) is 18.8 Å². The van der Waals surface area contributed by atoms with Crippen molar-refractivity contribution < 1.29 is 0 Å². The third-order valence-corrected chi connectivity index (χ3v) is 3.00. The fourth-order valence-electron chi connectivity index (χ4n) is 2.24. The molecule has 1 fully saturated rings. The number of rotatable bonds is 1. The highest BCUT2D eigenvalue weighted by molar-refractivity contribution is 5.35. The second-order valence-corrected chi connectivity index (χ2v) is 4.09. The van der Waals surface area contributed by atoms with E-state index in [-0.39, 0.29) is 5.95 Å². The average molecular weight is 218 g/mol. The molecule has 0 radical (unpaired) electrons. The van der Waals surface area contributed by atoms with Gasteiger partial charge in [-0.3, -0.25) is 0 Å². The minimum atomic E-state index is 0.281. The molecule has 16 heavy (non-hydrogen) atoms. The topological polar surface area (TPSA) is 81.1 Å². The van der Waals surface area contributed by atoms with Crippen LogP contribution in [0.3, 0.4) is 0 Å². The molecule has 1 atom stereocenters. The fourth-order valence-corrected chi connectivity index (χ4v) is 2.24. The zero-order chi connectivity index (χ0) is 11.0. The van der Waals surface area contributed by atoms with Gasteiger partial charge in [-0.15, -0.1) is 5.10 Å². The number of nitrogen functional groups attached to an aromatic ring is 1. The van der Waals surface area contributed by atoms with Gasteiger partial charge < -0.3 is 11.1 Å². The molecule has 1 unspecified atom stereocenters. The van der Waals surface area contributed by atoms with E-state index in [4.69, 9.17) is 5.73 Å². The van der Waals surface area contributed by atoms with Gasteiger partial charge in [0.05, 0.1) is 5.69 Å². The highest BCUT2D eigenvalue weighted by atomic mass is 15.4. The van der Waals surface area contributed by atoms with Crippen molar-refractivity contribution in [2.75, 3.05) is 18.8 Å². The number of piperidine rings is 1. The molecule has 3 N–H and O–H groups in total. The Labute approximate surface area is 92.9 Å². The summed E-state index contributed by atoms with van der Waals surface area (Å²) in [6.45, 7) is 2.09. The SMILES string of the molecule is Nc1nc2nccc(C3CCCNC3)n2n1. The Morgan fingerprint density at radius 2 is 2.44 bits per heavy atom. The van der Waals surface area contributed by atoms with Crippen LogP contribution in [0.1, 0.15) is 24.5 Å². The minimum Gasteiger partial charge on any atom is -0.366 e. The Balaban J connectivity index is 2.07. The molecule has 1 aliphatic rings. The first kappa shape index (κ1) is 9.53. The monoisotopic (exact) mass is 218 g/mol. The van der Waals surface area contributed by atoms with E-state index in [1.54, 1.807) is 10.7 Å². The molecule has 0 aromatic carbocycles. The maximum atomic E-state index is 5.59. The zero-order valence-electron chi connectivity index (χ0n) is 8.93. The van der Waals surface area contributed by atoms with Crippen molar-refractivity contribution in [3.63, 3.8) is 0 Å². The quantitative estimate of drug-likeness (QED) is 0.713. The van der Waals surface area contributed by atoms with Crippen molar-refractivity contribution in [2.45, 2.75) is 18.8 Å². The summed E-state index contributed by atoms with van der Waals surface area (Å²) in [6, 6.07) is 2.00. The Hall–Kier alpha value is -1.69. The van der Waals surface area contributed by atoms with Crippen molar-refractivity contribution >= 4 is 11.7 Å². The molecule has 1 saturated heterocycles. The van der Waals surface area contributed by atoms with Gasteiger partial charge in [-0.2, -0.15) is 9.50 Å². The molecule has 3 rings (SSSR count). The third kappa shape index (κ3) is 1.51. The maximum absolute atomic E-state index is 5.59. The molecule has 1 aliphatic heterocycles. The second kappa shape index (κ2) is 3.71. The lowest BCUT2D eigenvalue weighted by Crippen LogP contribution is -2.29. The Morgan fingerprint density at radius 3 is 3.25 bits per heavy atom. The number of hydrogen-bond acceptors (Lipinski definition) is 5. The first-order chi connectivity index (χ1) is 7.84. The number of hydrogen-bond donors (Lipinski definition) is 2. The molecule has 0 aliphatic carbocycles. The summed E-state index contributed by atoms with van der Waals surface area (Å²) in [5, 5.41) is 7.57. The lowest BCUT2D eigenvalue weighted by Gasteiger charge is -2.22. The van der Waals surface area contributed by atoms with Gasteiger partial charge in [0, 0.05) is 18.7 Å². The van der Waals surface area contributed by atoms with Crippen LogP contribution in [0, 0.1) is 0 Å². The summed E-state index contributed by atoms with van der Waals surface area (Å²) >= 11 is 0. The highest BCUT2D eigenvalue weighted by Gasteiger charge is 2.19. The third-order valence-electron chi connectivity index (χ3n) is 3.00. The van der Waals surface area contributed by atoms with Crippen LogP contribution in [0.25, 0.3) is 5.78 Å². The van der Waals surface area contributed by atoms with Gasteiger partial charge in [-0.25, -0.2) is 4.98 Å². The molecule has 84 valence electrons. The van der Waals surface area contributed by atoms with Gasteiger partial charge in [-0.1, -0.05) is 0 Å². The van der Waals surface area contributed by atoms with Gasteiger partial charge in [0.25, 0.3) is 5.78 Å². The molecule has 6 heteroatoms. The summed E-state index contributed by atoms with van der Waals surface area (Å²) in [6.07, 6.45) is 4.14. The number of nitrogens with one attached hydrogen (secondary N) is 1. The van der Waals surface area contributed by atoms with E-state index in [9.17, 15) is 0 Å². The number of aromatic nitrogens is 4. The van der Waals surface area contributed by atoms with Crippen molar-refractivity contribution in [1.82, 2.24) is 24.9 Å². The molecule has 0 saturated carbocycles. The van der Waals surface area contributed by atoms with Crippen LogP contribution >= 0.6 is 0 Å². The average Bonchev–Trinajstić information content (AvgIpc) is 2.70. The molecular weight excluding hydrogens is 204 g/mol. The first-order valence-corrected chi connectivity index (χ1v) is 5.52. The first-order valence-electron chi connectivity index (χ1n) is 5.52. The van der Waals surface area contributed by atoms with Crippen LogP contribution in [0.2, 0.25) is 0 Å². The molecule has 6 nitrogen and oxygen atoms in total. The van der Waals surface area contributed by atoms with Crippen molar-refractivity contribution in [1.29, 1.82) is 0 Å². The summed E-state index contributed by atoms with van der Waals surface area (Å²) in [5.74, 6) is 1.34. The van der Waals surface area contributed by atoms with Gasteiger partial charge in [0.15, 0.2) is 0 Å².